The summed E-state index contributed by atoms with van der Waals surface area (Å²) in [5, 5.41) is 10.1. The molecule has 6 nitrogen and oxygen atoms in total. The number of nitrogens with zero attached hydrogens (tertiary/aromatic N) is 5. The van der Waals surface area contributed by atoms with Crippen molar-refractivity contribution in [3.63, 3.8) is 0 Å². The molecule has 0 aliphatic rings. The normalized spacial score (nSPS) is 10.9. The molecule has 0 aliphatic carbocycles. The molecule has 2 heterocycles. The van der Waals surface area contributed by atoms with Crippen LogP contribution >= 0.6 is 23.4 Å². The molecule has 2 aromatic heterocycles. The van der Waals surface area contributed by atoms with Crippen molar-refractivity contribution in [2.45, 2.75) is 17.1 Å². The second-order valence-electron chi connectivity index (χ2n) is 4.72. The smallest absolute Gasteiger partial charge is 0.222 e. The maximum Gasteiger partial charge on any atom is 0.222 e. The Labute approximate surface area is 136 Å². The van der Waals surface area contributed by atoms with E-state index in [0.717, 1.165) is 11.4 Å². The first kappa shape index (κ1) is 14.8. The zero-order valence-corrected chi connectivity index (χ0v) is 13.6. The van der Waals surface area contributed by atoms with Gasteiger partial charge in [0.25, 0.3) is 0 Å². The van der Waals surface area contributed by atoms with Gasteiger partial charge in [-0.15, -0.1) is 10.2 Å². The number of rotatable bonds is 3. The fraction of sp³-hybridized carbons (Fsp3) is 0.143. The summed E-state index contributed by atoms with van der Waals surface area (Å²) in [4.78, 5) is 7.97. The number of aryl methyl sites for hydroxylation is 1. The van der Waals surface area contributed by atoms with E-state index in [9.17, 15) is 0 Å². The van der Waals surface area contributed by atoms with Gasteiger partial charge in [-0.25, -0.2) is 9.97 Å². The van der Waals surface area contributed by atoms with Crippen LogP contribution in [0.15, 0.2) is 40.5 Å². The molecule has 0 radical (unpaired) electrons. The van der Waals surface area contributed by atoms with Crippen molar-refractivity contribution >= 4 is 29.3 Å². The number of hydrogen-bond acceptors (Lipinski definition) is 6. The highest BCUT2D eigenvalue weighted by atomic mass is 35.5. The zero-order chi connectivity index (χ0) is 15.7. The average Bonchev–Trinajstić information content (AvgIpc) is 2.79. The van der Waals surface area contributed by atoms with E-state index in [2.05, 4.69) is 26.2 Å². The van der Waals surface area contributed by atoms with E-state index in [1.165, 1.54) is 17.3 Å². The third-order valence-corrected chi connectivity index (χ3v) is 4.15. The molecule has 0 unspecified atom stereocenters. The van der Waals surface area contributed by atoms with Crippen molar-refractivity contribution in [1.29, 1.82) is 0 Å². The summed E-state index contributed by atoms with van der Waals surface area (Å²) >= 11 is 7.22. The highest BCUT2D eigenvalue weighted by molar-refractivity contribution is 7.99. The van der Waals surface area contributed by atoms with Crippen molar-refractivity contribution in [3.8, 4) is 11.4 Å². The van der Waals surface area contributed by atoms with Gasteiger partial charge >= 0.3 is 0 Å². The van der Waals surface area contributed by atoms with Gasteiger partial charge < -0.3 is 10.3 Å². The van der Waals surface area contributed by atoms with E-state index < -0.39 is 0 Å². The van der Waals surface area contributed by atoms with Crippen LogP contribution in [0.3, 0.4) is 0 Å². The SMILES string of the molecule is Cc1cccc(-c2nnc(Sc3cc(Cl)nc(N)n3)n2C)c1. The summed E-state index contributed by atoms with van der Waals surface area (Å²) in [5.74, 6) is 0.926. The second kappa shape index (κ2) is 5.94. The number of hydrogen-bond donors (Lipinski definition) is 1. The van der Waals surface area contributed by atoms with Crippen molar-refractivity contribution < 1.29 is 0 Å². The van der Waals surface area contributed by atoms with Gasteiger partial charge in [0.2, 0.25) is 5.95 Å². The molecule has 0 bridgehead atoms. The Morgan fingerprint density at radius 2 is 2.00 bits per heavy atom. The second-order valence-corrected chi connectivity index (χ2v) is 6.10. The van der Waals surface area contributed by atoms with Gasteiger partial charge in [-0.1, -0.05) is 35.4 Å². The van der Waals surface area contributed by atoms with Crippen molar-refractivity contribution in [1.82, 2.24) is 24.7 Å². The molecule has 22 heavy (non-hydrogen) atoms. The number of benzene rings is 1. The predicted octanol–water partition coefficient (Wildman–Crippen LogP) is 2.97. The molecule has 0 atom stereocenters. The van der Waals surface area contributed by atoms with Crippen LogP contribution in [0, 0.1) is 6.92 Å². The number of nitrogen functional groups attached to an aromatic ring is 1. The number of halogens is 1. The van der Waals surface area contributed by atoms with Crippen LogP contribution in [0.2, 0.25) is 5.15 Å². The largest absolute Gasteiger partial charge is 0.368 e. The molecule has 0 fully saturated rings. The zero-order valence-electron chi connectivity index (χ0n) is 12.0. The first-order valence-corrected chi connectivity index (χ1v) is 7.67. The van der Waals surface area contributed by atoms with Gasteiger partial charge in [-0.05, 0) is 24.8 Å². The van der Waals surface area contributed by atoms with Crippen LogP contribution in [0.5, 0.6) is 0 Å². The van der Waals surface area contributed by atoms with Gasteiger partial charge in [-0.2, -0.15) is 0 Å². The quantitative estimate of drug-likeness (QED) is 0.742. The molecular formula is C14H13ClN6S. The van der Waals surface area contributed by atoms with Gasteiger partial charge in [-0.3, -0.25) is 0 Å². The molecule has 3 aromatic rings. The van der Waals surface area contributed by atoms with Gasteiger partial charge in [0.05, 0.1) is 0 Å². The first-order valence-electron chi connectivity index (χ1n) is 6.47. The van der Waals surface area contributed by atoms with Crippen LogP contribution in [0.1, 0.15) is 5.56 Å². The summed E-state index contributed by atoms with van der Waals surface area (Å²) in [6.07, 6.45) is 0. The van der Waals surface area contributed by atoms with Crippen LogP contribution in [0.4, 0.5) is 5.95 Å². The molecule has 8 heteroatoms. The van der Waals surface area contributed by atoms with E-state index in [-0.39, 0.29) is 5.95 Å². The molecule has 2 N–H and O–H groups in total. The van der Waals surface area contributed by atoms with E-state index in [1.54, 1.807) is 6.07 Å². The lowest BCUT2D eigenvalue weighted by Gasteiger charge is -2.05. The number of nitrogens with two attached hydrogens (primary N) is 1. The fourth-order valence-corrected chi connectivity index (χ4v) is 3.06. The third-order valence-electron chi connectivity index (χ3n) is 3.00. The monoisotopic (exact) mass is 332 g/mol. The minimum absolute atomic E-state index is 0.135. The lowest BCUT2D eigenvalue weighted by molar-refractivity contribution is 0.792. The van der Waals surface area contributed by atoms with Crippen LogP contribution in [0.25, 0.3) is 11.4 Å². The van der Waals surface area contributed by atoms with E-state index in [0.29, 0.717) is 15.3 Å². The van der Waals surface area contributed by atoms with E-state index in [4.69, 9.17) is 17.3 Å². The molecule has 0 saturated heterocycles. The lowest BCUT2D eigenvalue weighted by atomic mass is 10.1. The van der Waals surface area contributed by atoms with Crippen molar-refractivity contribution in [2.75, 3.05) is 5.73 Å². The van der Waals surface area contributed by atoms with Gasteiger partial charge in [0, 0.05) is 18.7 Å². The molecule has 0 amide bonds. The summed E-state index contributed by atoms with van der Waals surface area (Å²) in [7, 11) is 1.91. The first-order chi connectivity index (χ1) is 10.5. The molecule has 0 spiro atoms. The van der Waals surface area contributed by atoms with Crippen molar-refractivity contribution in [3.05, 3.63) is 41.0 Å². The third kappa shape index (κ3) is 3.05. The Morgan fingerprint density at radius 3 is 2.73 bits per heavy atom. The summed E-state index contributed by atoms with van der Waals surface area (Å²) < 4.78 is 1.91. The Balaban J connectivity index is 1.93. The van der Waals surface area contributed by atoms with Gasteiger partial charge in [0.1, 0.15) is 10.2 Å². The van der Waals surface area contributed by atoms with Crippen molar-refractivity contribution in [2.24, 2.45) is 7.05 Å². The topological polar surface area (TPSA) is 82.5 Å². The van der Waals surface area contributed by atoms with Crippen LogP contribution in [-0.2, 0) is 7.05 Å². The minimum atomic E-state index is 0.135. The van der Waals surface area contributed by atoms with Gasteiger partial charge in [0.15, 0.2) is 11.0 Å². The fourth-order valence-electron chi connectivity index (χ4n) is 2.00. The molecule has 0 saturated carbocycles. The van der Waals surface area contributed by atoms with Crippen LogP contribution < -0.4 is 5.73 Å². The highest BCUT2D eigenvalue weighted by Crippen LogP contribution is 2.29. The average molecular weight is 333 g/mol. The highest BCUT2D eigenvalue weighted by Gasteiger charge is 2.13. The molecule has 3 rings (SSSR count). The van der Waals surface area contributed by atoms with Crippen LogP contribution in [-0.4, -0.2) is 24.7 Å². The number of aromatic nitrogens is 5. The molecule has 0 aliphatic heterocycles. The Hall–Kier alpha value is -2.12. The molecule has 1 aromatic carbocycles. The predicted molar refractivity (Wildman–Crippen MR) is 86.8 cm³/mol. The summed E-state index contributed by atoms with van der Waals surface area (Å²) in [5.41, 5.74) is 7.79. The Kier molecular flexibility index (Phi) is 4.00. The standard InChI is InChI=1S/C14H13ClN6S/c1-8-4-3-5-9(6-8)12-19-20-14(21(12)2)22-11-7-10(15)17-13(16)18-11/h3-7H,1-2H3,(H2,16,17,18). The Morgan fingerprint density at radius 1 is 1.18 bits per heavy atom. The molecular weight excluding hydrogens is 320 g/mol. The minimum Gasteiger partial charge on any atom is -0.368 e. The maximum absolute atomic E-state index is 5.89. The maximum atomic E-state index is 5.89. The van der Waals surface area contributed by atoms with E-state index >= 15 is 0 Å². The molecule has 112 valence electrons. The lowest BCUT2D eigenvalue weighted by Crippen LogP contribution is -1.98. The summed E-state index contributed by atoms with van der Waals surface area (Å²) in [6, 6.07) is 9.75. The summed E-state index contributed by atoms with van der Waals surface area (Å²) in [6.45, 7) is 2.04. The number of anilines is 1. The Bertz CT molecular complexity index is 812. The van der Waals surface area contributed by atoms with E-state index in [1.807, 2.05) is 36.7 Å².